The summed E-state index contributed by atoms with van der Waals surface area (Å²) < 4.78 is 38.0. The van der Waals surface area contributed by atoms with Crippen LogP contribution in [0, 0.1) is 5.82 Å². The number of hydrogen-bond acceptors (Lipinski definition) is 1. The smallest absolute Gasteiger partial charge is 0.251 e. The molecule has 16 heavy (non-hydrogen) atoms. The molecule has 0 aromatic heterocycles. The van der Waals surface area contributed by atoms with Crippen LogP contribution >= 0.6 is 0 Å². The van der Waals surface area contributed by atoms with Gasteiger partial charge in [-0.15, -0.1) is 0 Å². The molecule has 1 aromatic carbocycles. The number of benzene rings is 1. The minimum atomic E-state index is -2.59. The van der Waals surface area contributed by atoms with Crippen LogP contribution in [0.3, 0.4) is 0 Å². The van der Waals surface area contributed by atoms with Gasteiger partial charge in [0.05, 0.1) is 0 Å². The van der Waals surface area contributed by atoms with E-state index in [9.17, 15) is 13.2 Å². The van der Waals surface area contributed by atoms with Crippen LogP contribution in [0.25, 0.3) is 0 Å². The minimum Gasteiger partial charge on any atom is -0.325 e. The van der Waals surface area contributed by atoms with Gasteiger partial charge in [0.1, 0.15) is 5.82 Å². The first kappa shape index (κ1) is 11.5. The van der Waals surface area contributed by atoms with E-state index in [1.165, 1.54) is 12.1 Å². The molecular weight excluding hydrogens is 215 g/mol. The quantitative estimate of drug-likeness (QED) is 0.847. The van der Waals surface area contributed by atoms with Crippen molar-refractivity contribution in [2.24, 2.45) is 5.73 Å². The molecule has 88 valence electrons. The summed E-state index contributed by atoms with van der Waals surface area (Å²) in [6.45, 7) is 0. The maximum Gasteiger partial charge on any atom is 0.251 e. The molecule has 4 heteroatoms. The summed E-state index contributed by atoms with van der Waals surface area (Å²) in [5.74, 6) is -2.88. The highest BCUT2D eigenvalue weighted by atomic mass is 19.3. The minimum absolute atomic E-state index is 0.235. The van der Waals surface area contributed by atoms with E-state index in [-0.39, 0.29) is 18.7 Å². The van der Waals surface area contributed by atoms with Crippen molar-refractivity contribution in [1.82, 2.24) is 0 Å². The van der Waals surface area contributed by atoms with Crippen molar-refractivity contribution < 1.29 is 13.2 Å². The highest BCUT2D eigenvalue weighted by Gasteiger charge is 2.53. The summed E-state index contributed by atoms with van der Waals surface area (Å²) in [5.41, 5.74) is 6.00. The van der Waals surface area contributed by atoms with Gasteiger partial charge in [-0.05, 0) is 30.5 Å². The predicted molar refractivity (Wildman–Crippen MR) is 55.8 cm³/mol. The summed E-state index contributed by atoms with van der Waals surface area (Å²) in [5, 5.41) is 0. The van der Waals surface area contributed by atoms with Gasteiger partial charge in [0.2, 0.25) is 0 Å². The summed E-state index contributed by atoms with van der Waals surface area (Å²) in [6.07, 6.45) is 0.670. The van der Waals surface area contributed by atoms with Crippen molar-refractivity contribution in [3.05, 3.63) is 35.6 Å². The lowest BCUT2D eigenvalue weighted by Gasteiger charge is -2.44. The van der Waals surface area contributed by atoms with Crippen LogP contribution in [0.4, 0.5) is 13.2 Å². The van der Waals surface area contributed by atoms with Crippen molar-refractivity contribution in [3.8, 4) is 0 Å². The summed E-state index contributed by atoms with van der Waals surface area (Å²) in [4.78, 5) is 0. The van der Waals surface area contributed by atoms with E-state index in [2.05, 4.69) is 0 Å². The lowest BCUT2D eigenvalue weighted by molar-refractivity contribution is -0.124. The predicted octanol–water partition coefficient (Wildman–Crippen LogP) is 2.88. The van der Waals surface area contributed by atoms with Gasteiger partial charge in [0.15, 0.2) is 0 Å². The van der Waals surface area contributed by atoms with Crippen LogP contribution in [0.2, 0.25) is 0 Å². The van der Waals surface area contributed by atoms with E-state index < -0.39 is 11.5 Å². The molecule has 0 radical (unpaired) electrons. The Bertz CT molecular complexity index is 364. The molecule has 0 atom stereocenters. The third kappa shape index (κ3) is 2.55. The molecule has 1 aliphatic carbocycles. The Morgan fingerprint density at radius 2 is 1.69 bits per heavy atom. The van der Waals surface area contributed by atoms with Gasteiger partial charge >= 0.3 is 0 Å². The van der Waals surface area contributed by atoms with Gasteiger partial charge < -0.3 is 5.73 Å². The number of hydrogen-bond donors (Lipinski definition) is 1. The zero-order chi connectivity index (χ0) is 11.8. The fourth-order valence-electron chi connectivity index (χ4n) is 2.20. The molecule has 0 unspecified atom stereocenters. The molecule has 1 aromatic rings. The van der Waals surface area contributed by atoms with E-state index >= 15 is 0 Å². The monoisotopic (exact) mass is 229 g/mol. The van der Waals surface area contributed by atoms with Crippen LogP contribution in [0.1, 0.15) is 24.8 Å². The highest BCUT2D eigenvalue weighted by Crippen LogP contribution is 2.46. The Labute approximate surface area is 92.5 Å². The van der Waals surface area contributed by atoms with E-state index in [4.69, 9.17) is 5.73 Å². The standard InChI is InChI=1S/C12H14F3N/c13-10-3-1-9(2-4-10)5-6-11(16)7-12(14,15)8-11/h1-4H,5-8,16H2. The zero-order valence-electron chi connectivity index (χ0n) is 8.85. The first-order chi connectivity index (χ1) is 7.39. The van der Waals surface area contributed by atoms with E-state index in [0.29, 0.717) is 12.8 Å². The zero-order valence-corrected chi connectivity index (χ0v) is 8.85. The largest absolute Gasteiger partial charge is 0.325 e. The topological polar surface area (TPSA) is 26.0 Å². The van der Waals surface area contributed by atoms with Gasteiger partial charge in [0.25, 0.3) is 5.92 Å². The van der Waals surface area contributed by atoms with Gasteiger partial charge in [0, 0.05) is 18.4 Å². The molecule has 1 fully saturated rings. The third-order valence-corrected chi connectivity index (χ3v) is 3.05. The molecule has 0 amide bonds. The molecule has 1 aliphatic rings. The normalized spacial score (nSPS) is 21.5. The maximum atomic E-state index is 12.7. The number of aryl methyl sites for hydroxylation is 1. The fraction of sp³-hybridized carbons (Fsp3) is 0.500. The summed E-state index contributed by atoms with van der Waals surface area (Å²) >= 11 is 0. The summed E-state index contributed by atoms with van der Waals surface area (Å²) in [7, 11) is 0. The number of rotatable bonds is 3. The Hall–Kier alpha value is -1.03. The van der Waals surface area contributed by atoms with Gasteiger partial charge in [-0.25, -0.2) is 13.2 Å². The molecule has 1 saturated carbocycles. The average Bonchev–Trinajstić information content (AvgIpc) is 2.14. The molecule has 2 rings (SSSR count). The molecule has 1 nitrogen and oxygen atoms in total. The second kappa shape index (κ2) is 3.77. The second-order valence-corrected chi connectivity index (χ2v) is 4.70. The maximum absolute atomic E-state index is 12.7. The van der Waals surface area contributed by atoms with Gasteiger partial charge in [-0.2, -0.15) is 0 Å². The number of alkyl halides is 2. The Kier molecular flexibility index (Phi) is 2.70. The average molecular weight is 229 g/mol. The van der Waals surface area contributed by atoms with Crippen molar-refractivity contribution in [2.45, 2.75) is 37.1 Å². The molecule has 0 saturated heterocycles. The Balaban J connectivity index is 1.87. The lowest BCUT2D eigenvalue weighted by atomic mass is 9.71. The SMILES string of the molecule is NC1(CCc2ccc(F)cc2)CC(F)(F)C1. The van der Waals surface area contributed by atoms with Crippen molar-refractivity contribution >= 4 is 0 Å². The van der Waals surface area contributed by atoms with Gasteiger partial charge in [-0.1, -0.05) is 12.1 Å². The molecule has 0 spiro atoms. The van der Waals surface area contributed by atoms with Crippen LogP contribution in [-0.4, -0.2) is 11.5 Å². The second-order valence-electron chi connectivity index (χ2n) is 4.70. The molecule has 0 aliphatic heterocycles. The lowest BCUT2D eigenvalue weighted by Crippen LogP contribution is -2.58. The van der Waals surface area contributed by atoms with E-state index in [0.717, 1.165) is 5.56 Å². The fourth-order valence-corrected chi connectivity index (χ4v) is 2.20. The molecule has 2 N–H and O–H groups in total. The van der Waals surface area contributed by atoms with E-state index in [1.807, 2.05) is 0 Å². The van der Waals surface area contributed by atoms with Crippen LogP contribution in [0.15, 0.2) is 24.3 Å². The van der Waals surface area contributed by atoms with Crippen molar-refractivity contribution in [2.75, 3.05) is 0 Å². The molecular formula is C12H14F3N. The first-order valence-electron chi connectivity index (χ1n) is 5.30. The first-order valence-corrected chi connectivity index (χ1v) is 5.30. The van der Waals surface area contributed by atoms with Crippen molar-refractivity contribution in [1.29, 1.82) is 0 Å². The molecule has 0 heterocycles. The van der Waals surface area contributed by atoms with Gasteiger partial charge in [-0.3, -0.25) is 0 Å². The number of nitrogens with two attached hydrogens (primary N) is 1. The Morgan fingerprint density at radius 1 is 1.12 bits per heavy atom. The van der Waals surface area contributed by atoms with Crippen LogP contribution < -0.4 is 5.73 Å². The number of halogens is 3. The third-order valence-electron chi connectivity index (χ3n) is 3.05. The molecule has 0 bridgehead atoms. The van der Waals surface area contributed by atoms with Crippen LogP contribution in [0.5, 0.6) is 0 Å². The Morgan fingerprint density at radius 3 is 2.19 bits per heavy atom. The highest BCUT2D eigenvalue weighted by molar-refractivity contribution is 5.17. The summed E-state index contributed by atoms with van der Waals surface area (Å²) in [6, 6.07) is 6.06. The van der Waals surface area contributed by atoms with Crippen LogP contribution in [-0.2, 0) is 6.42 Å². The van der Waals surface area contributed by atoms with Crippen molar-refractivity contribution in [3.63, 3.8) is 0 Å². The van der Waals surface area contributed by atoms with E-state index in [1.54, 1.807) is 12.1 Å².